The van der Waals surface area contributed by atoms with Crippen molar-refractivity contribution in [3.8, 4) is 33.8 Å². The Morgan fingerprint density at radius 1 is 1.03 bits per heavy atom. The minimum Gasteiger partial charge on any atom is -0.472 e. The maximum Gasteiger partial charge on any atom is 0.224 e. The number of amides is 1. The largest absolute Gasteiger partial charge is 0.472 e. The number of hydrogen-bond acceptors (Lipinski definition) is 5. The van der Waals surface area contributed by atoms with Gasteiger partial charge in [-0.05, 0) is 42.3 Å². The summed E-state index contributed by atoms with van der Waals surface area (Å²) in [5.41, 5.74) is 7.93. The van der Waals surface area contributed by atoms with Crippen molar-refractivity contribution in [2.75, 3.05) is 5.32 Å². The van der Waals surface area contributed by atoms with Crippen LogP contribution in [0.4, 0.5) is 5.69 Å². The molecule has 0 unspecified atom stereocenters. The Morgan fingerprint density at radius 2 is 1.97 bits per heavy atom. The maximum absolute atomic E-state index is 12.0. The molecule has 2 aromatic carbocycles. The van der Waals surface area contributed by atoms with Crippen molar-refractivity contribution < 1.29 is 9.21 Å². The van der Waals surface area contributed by atoms with Gasteiger partial charge in [0, 0.05) is 34.7 Å². The van der Waals surface area contributed by atoms with Gasteiger partial charge in [-0.2, -0.15) is 5.10 Å². The highest BCUT2D eigenvalue weighted by Gasteiger charge is 2.16. The SMILES string of the molecule is CCCC(=O)Nc1cncc(-c2ccc3[nH]nc(-c4nc5c(-c6ccoc6)cccc5[nH]4)c3c2)c1. The number of aromatic nitrogens is 5. The van der Waals surface area contributed by atoms with Gasteiger partial charge in [0.1, 0.15) is 5.69 Å². The number of para-hydroxylation sites is 1. The first kappa shape index (κ1) is 20.9. The Labute approximate surface area is 200 Å². The highest BCUT2D eigenvalue weighted by atomic mass is 16.3. The number of aromatic amines is 2. The quantitative estimate of drug-likeness (QED) is 0.274. The molecule has 8 heteroatoms. The monoisotopic (exact) mass is 462 g/mol. The zero-order valence-corrected chi connectivity index (χ0v) is 19.0. The Morgan fingerprint density at radius 3 is 2.83 bits per heavy atom. The summed E-state index contributed by atoms with van der Waals surface area (Å²) in [6, 6.07) is 15.9. The van der Waals surface area contributed by atoms with Gasteiger partial charge in [0.05, 0.1) is 41.0 Å². The molecule has 35 heavy (non-hydrogen) atoms. The molecular weight excluding hydrogens is 440 g/mol. The minimum atomic E-state index is -0.0151. The molecule has 0 bridgehead atoms. The van der Waals surface area contributed by atoms with E-state index in [1.54, 1.807) is 24.9 Å². The molecule has 4 aromatic heterocycles. The molecule has 1 amide bonds. The van der Waals surface area contributed by atoms with Crippen molar-refractivity contribution in [3.63, 3.8) is 0 Å². The first-order valence-electron chi connectivity index (χ1n) is 11.4. The maximum atomic E-state index is 12.0. The molecule has 0 atom stereocenters. The van der Waals surface area contributed by atoms with E-state index in [-0.39, 0.29) is 5.91 Å². The molecule has 0 fully saturated rings. The van der Waals surface area contributed by atoms with E-state index in [1.165, 1.54) is 0 Å². The number of carbonyl (C=O) groups is 1. The van der Waals surface area contributed by atoms with E-state index in [2.05, 4.69) is 31.5 Å². The van der Waals surface area contributed by atoms with Crippen molar-refractivity contribution in [2.45, 2.75) is 19.8 Å². The van der Waals surface area contributed by atoms with Crippen LogP contribution in [0.3, 0.4) is 0 Å². The zero-order valence-electron chi connectivity index (χ0n) is 19.0. The smallest absolute Gasteiger partial charge is 0.224 e. The lowest BCUT2D eigenvalue weighted by atomic mass is 10.0. The van der Waals surface area contributed by atoms with Gasteiger partial charge in [-0.15, -0.1) is 0 Å². The van der Waals surface area contributed by atoms with E-state index in [9.17, 15) is 4.79 Å². The predicted molar refractivity (Wildman–Crippen MR) is 136 cm³/mol. The second-order valence-electron chi connectivity index (χ2n) is 8.39. The lowest BCUT2D eigenvalue weighted by Crippen LogP contribution is -2.10. The van der Waals surface area contributed by atoms with Crippen molar-refractivity contribution in [1.82, 2.24) is 25.1 Å². The number of nitrogens with zero attached hydrogens (tertiary/aromatic N) is 3. The van der Waals surface area contributed by atoms with E-state index < -0.39 is 0 Å². The van der Waals surface area contributed by atoms with Crippen LogP contribution in [0, 0.1) is 0 Å². The van der Waals surface area contributed by atoms with Gasteiger partial charge < -0.3 is 14.7 Å². The van der Waals surface area contributed by atoms with E-state index in [1.807, 2.05) is 49.4 Å². The first-order valence-corrected chi connectivity index (χ1v) is 11.4. The molecule has 0 spiro atoms. The number of anilines is 1. The number of imidazole rings is 1. The number of furan rings is 1. The second-order valence-corrected chi connectivity index (χ2v) is 8.39. The van der Waals surface area contributed by atoms with Gasteiger partial charge in [-0.1, -0.05) is 25.1 Å². The molecular formula is C27H22N6O2. The average molecular weight is 463 g/mol. The summed E-state index contributed by atoms with van der Waals surface area (Å²) in [5.74, 6) is 0.664. The molecule has 8 nitrogen and oxygen atoms in total. The Balaban J connectivity index is 1.40. The summed E-state index contributed by atoms with van der Waals surface area (Å²) >= 11 is 0. The number of nitrogens with one attached hydrogen (secondary N) is 3. The Hall–Kier alpha value is -4.72. The summed E-state index contributed by atoms with van der Waals surface area (Å²) in [7, 11) is 0. The fourth-order valence-corrected chi connectivity index (χ4v) is 4.29. The van der Waals surface area contributed by atoms with E-state index in [0.29, 0.717) is 17.9 Å². The fourth-order valence-electron chi connectivity index (χ4n) is 4.29. The van der Waals surface area contributed by atoms with Crippen molar-refractivity contribution >= 4 is 33.5 Å². The van der Waals surface area contributed by atoms with Crippen LogP contribution in [0.2, 0.25) is 0 Å². The standard InChI is InChI=1S/C27H22N6O2/c1-2-4-24(34)29-19-11-18(13-28-14-19)16-7-8-22-21(12-16)26(33-32-22)27-30-23-6-3-5-20(25(23)31-27)17-9-10-35-15-17/h3,5-15H,2,4H2,1H3,(H,29,34)(H,30,31)(H,32,33). The van der Waals surface area contributed by atoms with Crippen LogP contribution in [0.25, 0.3) is 55.7 Å². The fraction of sp³-hybridized carbons (Fsp3) is 0.111. The number of hydrogen-bond donors (Lipinski definition) is 3. The number of carbonyl (C=O) groups excluding carboxylic acids is 1. The van der Waals surface area contributed by atoms with Crippen LogP contribution < -0.4 is 5.32 Å². The van der Waals surface area contributed by atoms with Crippen LogP contribution in [0.5, 0.6) is 0 Å². The molecule has 6 aromatic rings. The topological polar surface area (TPSA) is 112 Å². The third-order valence-electron chi connectivity index (χ3n) is 5.96. The highest BCUT2D eigenvalue weighted by Crippen LogP contribution is 2.33. The highest BCUT2D eigenvalue weighted by molar-refractivity contribution is 5.98. The summed E-state index contributed by atoms with van der Waals surface area (Å²) < 4.78 is 5.27. The van der Waals surface area contributed by atoms with Crippen molar-refractivity contribution in [1.29, 1.82) is 0 Å². The van der Waals surface area contributed by atoms with Crippen LogP contribution in [-0.2, 0) is 4.79 Å². The van der Waals surface area contributed by atoms with Gasteiger partial charge in [0.25, 0.3) is 0 Å². The number of rotatable bonds is 6. The first-order chi connectivity index (χ1) is 17.2. The van der Waals surface area contributed by atoms with Gasteiger partial charge in [0.2, 0.25) is 5.91 Å². The molecule has 0 saturated heterocycles. The molecule has 0 aliphatic carbocycles. The predicted octanol–water partition coefficient (Wildman–Crippen LogP) is 6.17. The summed E-state index contributed by atoms with van der Waals surface area (Å²) in [6.07, 6.45) is 8.09. The summed E-state index contributed by atoms with van der Waals surface area (Å²) in [5, 5.41) is 11.5. The summed E-state index contributed by atoms with van der Waals surface area (Å²) in [6.45, 7) is 1.98. The van der Waals surface area contributed by atoms with Crippen LogP contribution in [0.15, 0.2) is 77.9 Å². The van der Waals surface area contributed by atoms with Crippen LogP contribution in [0.1, 0.15) is 19.8 Å². The molecule has 0 saturated carbocycles. The molecule has 0 radical (unpaired) electrons. The van der Waals surface area contributed by atoms with Gasteiger partial charge in [0.15, 0.2) is 5.82 Å². The van der Waals surface area contributed by atoms with E-state index in [0.717, 1.165) is 56.3 Å². The molecule has 0 aliphatic heterocycles. The molecule has 6 rings (SSSR count). The van der Waals surface area contributed by atoms with Crippen molar-refractivity contribution in [3.05, 3.63) is 73.5 Å². The minimum absolute atomic E-state index is 0.0151. The molecule has 172 valence electrons. The van der Waals surface area contributed by atoms with Gasteiger partial charge in [-0.25, -0.2) is 4.98 Å². The zero-order chi connectivity index (χ0) is 23.8. The lowest BCUT2D eigenvalue weighted by molar-refractivity contribution is -0.116. The van der Waals surface area contributed by atoms with Crippen LogP contribution in [-0.4, -0.2) is 31.1 Å². The van der Waals surface area contributed by atoms with Gasteiger partial charge >= 0.3 is 0 Å². The number of H-pyrrole nitrogens is 2. The molecule has 0 aliphatic rings. The van der Waals surface area contributed by atoms with Gasteiger partial charge in [-0.3, -0.25) is 14.9 Å². The van der Waals surface area contributed by atoms with E-state index in [4.69, 9.17) is 9.40 Å². The van der Waals surface area contributed by atoms with Crippen LogP contribution >= 0.6 is 0 Å². The number of pyridine rings is 1. The molecule has 3 N–H and O–H groups in total. The lowest BCUT2D eigenvalue weighted by Gasteiger charge is -2.07. The third-order valence-corrected chi connectivity index (χ3v) is 5.96. The third kappa shape index (κ3) is 3.85. The molecule has 4 heterocycles. The number of fused-ring (bicyclic) bond motifs is 2. The van der Waals surface area contributed by atoms with Crippen molar-refractivity contribution in [2.24, 2.45) is 0 Å². The van der Waals surface area contributed by atoms with E-state index >= 15 is 0 Å². The average Bonchev–Trinajstić information content (AvgIpc) is 3.63. The Bertz CT molecular complexity index is 1660. The number of benzene rings is 2. The Kier molecular flexibility index (Phi) is 5.11. The summed E-state index contributed by atoms with van der Waals surface area (Å²) in [4.78, 5) is 24.6. The normalized spacial score (nSPS) is 11.3. The second kappa shape index (κ2) is 8.57.